The Balaban J connectivity index is 0.000000136. The van der Waals surface area contributed by atoms with Crippen LogP contribution in [0.4, 0.5) is 17.1 Å². The van der Waals surface area contributed by atoms with Crippen LogP contribution in [0.25, 0.3) is 28.1 Å². The molecule has 0 spiro atoms. The van der Waals surface area contributed by atoms with E-state index in [9.17, 15) is 33.0 Å². The fraction of sp³-hybridized carbons (Fsp3) is 0.317. The van der Waals surface area contributed by atoms with Gasteiger partial charge >= 0.3 is 6.15 Å². The van der Waals surface area contributed by atoms with Crippen molar-refractivity contribution in [2.75, 3.05) is 42.5 Å². The van der Waals surface area contributed by atoms with E-state index in [0.29, 0.717) is 67.2 Å². The summed E-state index contributed by atoms with van der Waals surface area (Å²) >= 11 is 5.96. The lowest BCUT2D eigenvalue weighted by molar-refractivity contribution is -0.191. The van der Waals surface area contributed by atoms with E-state index in [1.54, 1.807) is 126 Å². The zero-order valence-corrected chi connectivity index (χ0v) is 74.0. The average molecular weight is 1740 g/mol. The number of hydrazone groups is 1. The van der Waals surface area contributed by atoms with Crippen molar-refractivity contribution >= 4 is 85.3 Å². The fourth-order valence-electron chi connectivity index (χ4n) is 17.4. The molecule has 5 heterocycles. The molecule has 3 aromatic heterocycles. The highest BCUT2D eigenvalue weighted by atomic mass is 35.5. The van der Waals surface area contributed by atoms with E-state index < -0.39 is 10.0 Å². The van der Waals surface area contributed by atoms with Crippen LogP contribution in [-0.4, -0.2) is 109 Å². The molecule has 9 N–H and O–H groups in total. The van der Waals surface area contributed by atoms with Gasteiger partial charge in [-0.25, -0.2) is 17.8 Å². The second kappa shape index (κ2) is 45.2. The van der Waals surface area contributed by atoms with E-state index in [2.05, 4.69) is 151 Å². The quantitative estimate of drug-likeness (QED) is 0.0136. The molecule has 2 aliphatic heterocycles. The van der Waals surface area contributed by atoms with Gasteiger partial charge in [0.25, 0.3) is 21.8 Å². The maximum absolute atomic E-state index is 12.9. The van der Waals surface area contributed by atoms with Gasteiger partial charge in [-0.1, -0.05) is 177 Å². The van der Waals surface area contributed by atoms with Crippen molar-refractivity contribution in [1.29, 1.82) is 0 Å². The molecule has 21 nitrogen and oxygen atoms in total. The summed E-state index contributed by atoms with van der Waals surface area (Å²) in [6.45, 7) is 10.7. The molecule has 1 unspecified atom stereocenters. The third-order valence-corrected chi connectivity index (χ3v) is 26.8. The number of phenols is 2. The first-order valence-corrected chi connectivity index (χ1v) is 46.0. The zero-order chi connectivity index (χ0) is 89.2. The number of pyridine rings is 1. The van der Waals surface area contributed by atoms with Crippen LogP contribution in [0.2, 0.25) is 5.02 Å². The molecule has 23 heteroatoms. The smallest absolute Gasteiger partial charge is 0.373 e. The molecule has 4 saturated carbocycles. The van der Waals surface area contributed by atoms with Gasteiger partial charge in [0.2, 0.25) is 5.91 Å². The highest BCUT2D eigenvalue weighted by Crippen LogP contribution is 2.53. The van der Waals surface area contributed by atoms with Gasteiger partial charge in [0.15, 0.2) is 0 Å². The summed E-state index contributed by atoms with van der Waals surface area (Å²) in [5, 5.41) is 34.8. The van der Waals surface area contributed by atoms with Gasteiger partial charge in [0, 0.05) is 95.4 Å². The number of benzene rings is 9. The number of hydrogen-bond acceptors (Lipinski definition) is 16. The number of nitrogens with zero attached hydrogens (tertiary/aromatic N) is 7. The number of likely N-dealkylation sites (tertiary alicyclic amines) is 2. The summed E-state index contributed by atoms with van der Waals surface area (Å²) in [4.78, 5) is 62.8. The number of nitrogens with one attached hydrogen (secondary N) is 3. The van der Waals surface area contributed by atoms with Crippen molar-refractivity contribution in [3.8, 4) is 22.6 Å². The van der Waals surface area contributed by atoms with Crippen molar-refractivity contribution in [2.24, 2.45) is 47.5 Å². The number of piperidine rings is 2. The van der Waals surface area contributed by atoms with Crippen molar-refractivity contribution in [1.82, 2.24) is 34.0 Å². The number of aromatic hydroxyl groups is 2. The van der Waals surface area contributed by atoms with E-state index in [1.807, 2.05) is 43.6 Å². The predicted molar refractivity (Wildman–Crippen MR) is 505 cm³/mol. The van der Waals surface area contributed by atoms with Crippen molar-refractivity contribution in [3.05, 3.63) is 329 Å². The van der Waals surface area contributed by atoms with E-state index in [-0.39, 0.29) is 40.3 Å². The van der Waals surface area contributed by atoms with Crippen molar-refractivity contribution in [3.63, 3.8) is 0 Å². The minimum atomic E-state index is -3.76. The number of amides is 3. The summed E-state index contributed by atoms with van der Waals surface area (Å²) < 4.78 is 28.7. The lowest BCUT2D eigenvalue weighted by Crippen LogP contribution is -2.33. The van der Waals surface area contributed by atoms with Crippen LogP contribution in [-0.2, 0) is 44.5 Å². The maximum atomic E-state index is 12.9. The minimum Gasteiger partial charge on any atom is -0.507 e. The number of hydrogen-bond donors (Lipinski definition) is 7. The molecule has 6 aliphatic rings. The summed E-state index contributed by atoms with van der Waals surface area (Å²) in [6, 6.07) is 75.8. The number of anilines is 3. The number of halogens is 1. The second-order valence-corrected chi connectivity index (χ2v) is 36.6. The Morgan fingerprint density at radius 2 is 1.22 bits per heavy atom. The number of fused-ring (bicyclic) bond motifs is 1. The highest BCUT2D eigenvalue weighted by molar-refractivity contribution is 7.90. The number of para-hydroxylation sites is 2. The molecule has 127 heavy (non-hydrogen) atoms. The molecule has 6 fully saturated rings. The first-order valence-electron chi connectivity index (χ1n) is 44.2. The maximum Gasteiger partial charge on any atom is 0.373 e. The number of carbonyl (C=O) groups excluding carboxylic acids is 5. The van der Waals surface area contributed by atoms with Crippen LogP contribution in [0, 0.1) is 29.6 Å². The topological polar surface area (TPSA) is 303 Å². The minimum absolute atomic E-state index is 0.0680. The molecule has 9 aromatic carbocycles. The molecule has 4 aliphatic carbocycles. The molecule has 12 aromatic rings. The molecular formula is C104H115ClN12O9S. The molecule has 18 rings (SSSR count). The Bertz CT molecular complexity index is 5830. The number of nitrogen functional groups attached to an aromatic ring is 1. The first-order chi connectivity index (χ1) is 61.6. The molecule has 0 bridgehead atoms. The predicted octanol–water partition coefficient (Wildman–Crippen LogP) is 20.5. The number of rotatable bonds is 23. The van der Waals surface area contributed by atoms with Gasteiger partial charge in [0.05, 0.1) is 28.2 Å². The monoisotopic (exact) mass is 1740 g/mol. The Kier molecular flexibility index (Phi) is 32.8. The van der Waals surface area contributed by atoms with Gasteiger partial charge in [-0.2, -0.15) is 19.8 Å². The molecule has 3 amide bonds. The van der Waals surface area contributed by atoms with Crippen LogP contribution in [0.1, 0.15) is 188 Å². The standard InChI is InChI=1S/C23H21N5O3S.C23H29N.C21H24ClN3O2.C20H18N2O2.C16H23N.CO2/c1-27-16-19(14-25-27)18-7-9-20(10-8-18)32(30,31)28-13-12-17(15-28)6-11-23(29)26-22-5-3-2-4-21(22)24;1-3-7-20(8-4-1)18-24-15-13-19(14-16-24)11-12-22-17-23(22)21-9-5-2-6-10-21;1-15(19-13-18(22)8-9-20(19)26)23-24-21(27)17-7-5-6-16(12-17)14-25-10-3-2-4-11-25;1-12-11-17(12)13-4-6-14(7-5-13)22-20(24)16-8-9-18(23)19-15(16)3-2-10-21-19;17-15-8-6-12(7-9-15)10-14-11-16(14)13-4-2-1-3-5-13;2-1-3/h2-16H,24H2,1H3,(H,26,29);1-10,19,22-23H,11-18H2;5-9,12-13,26H,2-4,10-11,14H2,1H3,(H,24,27);2-10,12,17,23H,11H2,1H3,(H,22,24);1-5,12,14-16H,6-11,17H2;/b11-6+;;23-15+;;;/t;22?,23-;;12-,17-;12?,14-,15?,16+;/m.0.01./s1. The summed E-state index contributed by atoms with van der Waals surface area (Å²) in [5.41, 5.74) is 27.9. The van der Waals surface area contributed by atoms with Crippen LogP contribution < -0.4 is 27.5 Å². The Hall–Kier alpha value is -12.4. The van der Waals surface area contributed by atoms with Gasteiger partial charge in [0.1, 0.15) is 17.0 Å². The average Bonchev–Trinajstić information content (AvgIpc) is 1.73. The SMILES string of the molecule is C/C(=N\NC(=O)c1cccc(CN2CCCCC2)c1)c1cc(Cl)ccc1O.C[C@H]1C[C@@H]1c1ccc(NC(=O)c2ccc(O)c3ncccc23)cc1.Cn1cc(-c2ccc(S(=O)(=O)n3ccc(/C=C/C(=O)Nc4ccccc4N)c3)cc2)cn1.NC1CCC(C[C@@H]2C[C@H]2c2ccccc2)CC1.O=C=O.c1ccc(CN2CCC(CCC3C[C@H]3c3ccccc3)CC2)cc1. The number of carbonyl (C=O) groups is 3. The summed E-state index contributed by atoms with van der Waals surface area (Å²) in [6.07, 6.45) is 31.5. The summed E-state index contributed by atoms with van der Waals surface area (Å²) in [7, 11) is -1.94. The van der Waals surface area contributed by atoms with E-state index in [1.165, 1.54) is 157 Å². The van der Waals surface area contributed by atoms with E-state index in [4.69, 9.17) is 32.7 Å². The molecule has 2 saturated heterocycles. The third kappa shape index (κ3) is 27.1. The Labute approximate surface area is 750 Å². The summed E-state index contributed by atoms with van der Waals surface area (Å²) in [5.74, 6) is 6.32. The van der Waals surface area contributed by atoms with Gasteiger partial charge in [-0.15, -0.1) is 0 Å². The van der Waals surface area contributed by atoms with E-state index in [0.717, 1.165) is 94.0 Å². The van der Waals surface area contributed by atoms with Gasteiger partial charge in [-0.05, 0) is 300 Å². The lowest BCUT2D eigenvalue weighted by atomic mass is 9.83. The lowest BCUT2D eigenvalue weighted by Gasteiger charge is -2.32. The van der Waals surface area contributed by atoms with Crippen LogP contribution >= 0.6 is 11.6 Å². The zero-order valence-electron chi connectivity index (χ0n) is 72.4. The van der Waals surface area contributed by atoms with Crippen LogP contribution in [0.3, 0.4) is 0 Å². The number of aryl methyl sites for hydroxylation is 1. The largest absolute Gasteiger partial charge is 0.507 e. The van der Waals surface area contributed by atoms with Crippen molar-refractivity contribution < 1.29 is 42.6 Å². The van der Waals surface area contributed by atoms with Crippen LogP contribution in [0.5, 0.6) is 11.5 Å². The molecule has 6 atom stereocenters. The van der Waals surface area contributed by atoms with Crippen LogP contribution in [0.15, 0.2) is 284 Å². The molecule has 0 radical (unpaired) electrons. The third-order valence-electron chi connectivity index (χ3n) is 25.0. The van der Waals surface area contributed by atoms with Gasteiger partial charge < -0.3 is 32.3 Å². The number of nitrogens with two attached hydrogens (primary N) is 2. The Morgan fingerprint density at radius 1 is 0.598 bits per heavy atom. The first kappa shape index (κ1) is 92.3. The Morgan fingerprint density at radius 3 is 1.89 bits per heavy atom. The molecular weight excluding hydrogens is 1630 g/mol. The fourth-order valence-corrected chi connectivity index (χ4v) is 18.8. The second-order valence-electron chi connectivity index (χ2n) is 34.3. The highest BCUT2D eigenvalue weighted by Gasteiger charge is 2.41. The normalized spacial score (nSPS) is 19.6. The molecule has 658 valence electrons. The van der Waals surface area contributed by atoms with Gasteiger partial charge in [-0.3, -0.25) is 33.8 Å². The number of aromatic nitrogens is 4. The van der Waals surface area contributed by atoms with Crippen molar-refractivity contribution in [2.45, 2.75) is 152 Å². The van der Waals surface area contributed by atoms with E-state index >= 15 is 0 Å². The number of phenolic OH excluding ortho intramolecular Hbond substituents is 2.